The Morgan fingerprint density at radius 1 is 1.37 bits per heavy atom. The fourth-order valence-electron chi connectivity index (χ4n) is 3.36. The van der Waals surface area contributed by atoms with Crippen molar-refractivity contribution in [3.63, 3.8) is 0 Å². The van der Waals surface area contributed by atoms with Crippen LogP contribution in [0.4, 0.5) is 10.2 Å². The summed E-state index contributed by atoms with van der Waals surface area (Å²) in [6, 6.07) is 10.6. The number of hydrogen-bond acceptors (Lipinski definition) is 5. The zero-order valence-corrected chi connectivity index (χ0v) is 15.5. The minimum absolute atomic E-state index is 0.00413. The van der Waals surface area contributed by atoms with E-state index in [9.17, 15) is 9.18 Å². The molecule has 2 heterocycles. The number of benzene rings is 1. The van der Waals surface area contributed by atoms with Crippen LogP contribution in [0, 0.1) is 17.1 Å². The van der Waals surface area contributed by atoms with Gasteiger partial charge in [0.25, 0.3) is 0 Å². The van der Waals surface area contributed by atoms with E-state index in [1.165, 1.54) is 6.07 Å². The van der Waals surface area contributed by atoms with E-state index in [4.69, 9.17) is 5.26 Å². The van der Waals surface area contributed by atoms with E-state index in [1.54, 1.807) is 23.5 Å². The second kappa shape index (κ2) is 8.23. The summed E-state index contributed by atoms with van der Waals surface area (Å²) in [7, 11) is 0. The van der Waals surface area contributed by atoms with Crippen molar-refractivity contribution < 1.29 is 14.5 Å². The first-order chi connectivity index (χ1) is 13.0. The maximum absolute atomic E-state index is 14.1. The van der Waals surface area contributed by atoms with Crippen LogP contribution in [-0.4, -0.2) is 35.2 Å². The van der Waals surface area contributed by atoms with Gasteiger partial charge in [-0.2, -0.15) is 5.26 Å². The number of anilines is 1. The topological polar surface area (TPSA) is 86.5 Å². The predicted molar refractivity (Wildman–Crippen MR) is 98.5 cm³/mol. The second-order valence-electron chi connectivity index (χ2n) is 7.20. The molecule has 1 atom stereocenters. The van der Waals surface area contributed by atoms with Crippen molar-refractivity contribution in [1.29, 1.82) is 5.26 Å². The third kappa shape index (κ3) is 4.66. The van der Waals surface area contributed by atoms with E-state index in [2.05, 4.69) is 15.1 Å². The molecule has 2 N–H and O–H groups in total. The minimum Gasteiger partial charge on any atom is -0.349 e. The van der Waals surface area contributed by atoms with Crippen molar-refractivity contribution >= 4 is 11.7 Å². The molecule has 1 aliphatic rings. The molecule has 0 spiro atoms. The Hall–Kier alpha value is -2.85. The fraction of sp³-hybridized carbons (Fsp3) is 0.400. The molecule has 0 saturated carbocycles. The van der Waals surface area contributed by atoms with E-state index in [1.807, 2.05) is 26.0 Å². The van der Waals surface area contributed by atoms with Gasteiger partial charge < -0.3 is 4.90 Å². The quantitative estimate of drug-likeness (QED) is 0.865. The summed E-state index contributed by atoms with van der Waals surface area (Å²) in [5.74, 6) is 0.589. The van der Waals surface area contributed by atoms with Gasteiger partial charge in [-0.1, -0.05) is 26.0 Å². The highest BCUT2D eigenvalue weighted by Crippen LogP contribution is 2.19. The summed E-state index contributed by atoms with van der Waals surface area (Å²) in [6.45, 7) is 5.36. The van der Waals surface area contributed by atoms with Crippen LogP contribution in [0.2, 0.25) is 0 Å². The second-order valence-corrected chi connectivity index (χ2v) is 7.20. The third-order valence-electron chi connectivity index (χ3n) is 4.80. The highest BCUT2D eigenvalue weighted by Gasteiger charge is 2.28. The number of hydrogen-bond donors (Lipinski definition) is 1. The lowest BCUT2D eigenvalue weighted by Gasteiger charge is -2.15. The number of nitrogens with two attached hydrogens (primary N) is 1. The molecule has 7 heteroatoms. The number of carbonyl (C=O) groups is 1. The molecule has 0 radical (unpaired) electrons. The number of nitrogens with zero attached hydrogens (tertiary/aromatic N) is 4. The lowest BCUT2D eigenvalue weighted by atomic mass is 10.00. The largest absolute Gasteiger partial charge is 0.349 e. The zero-order chi connectivity index (χ0) is 19.4. The van der Waals surface area contributed by atoms with Gasteiger partial charge in [0.2, 0.25) is 0 Å². The Morgan fingerprint density at radius 3 is 2.81 bits per heavy atom. The van der Waals surface area contributed by atoms with Crippen LogP contribution in [0.1, 0.15) is 43.0 Å². The van der Waals surface area contributed by atoms with Gasteiger partial charge in [-0.3, -0.25) is 5.32 Å². The van der Waals surface area contributed by atoms with Crippen LogP contribution >= 0.6 is 0 Å². The first kappa shape index (κ1) is 18.9. The van der Waals surface area contributed by atoms with Gasteiger partial charge in [-0.05, 0) is 35.2 Å². The van der Waals surface area contributed by atoms with E-state index in [0.29, 0.717) is 23.5 Å². The first-order valence-electron chi connectivity index (χ1n) is 9.11. The van der Waals surface area contributed by atoms with E-state index in [-0.39, 0.29) is 35.8 Å². The average molecular weight is 368 g/mol. The van der Waals surface area contributed by atoms with Crippen LogP contribution in [0.5, 0.6) is 0 Å². The molecule has 1 saturated heterocycles. The summed E-state index contributed by atoms with van der Waals surface area (Å²) < 4.78 is 14.1. The average Bonchev–Trinajstić information content (AvgIpc) is 3.09. The molecule has 6 nitrogen and oxygen atoms in total. The van der Waals surface area contributed by atoms with Crippen molar-refractivity contribution in [2.24, 2.45) is 0 Å². The van der Waals surface area contributed by atoms with Gasteiger partial charge in [0.05, 0.1) is 13.0 Å². The lowest BCUT2D eigenvalue weighted by molar-refractivity contribution is -0.601. The molecule has 1 aliphatic heterocycles. The van der Waals surface area contributed by atoms with E-state index in [0.717, 1.165) is 13.0 Å². The van der Waals surface area contributed by atoms with Gasteiger partial charge >= 0.3 is 5.91 Å². The fourth-order valence-corrected chi connectivity index (χ4v) is 3.36. The number of carbonyl (C=O) groups excluding carboxylic acids is 1. The summed E-state index contributed by atoms with van der Waals surface area (Å²) >= 11 is 0. The van der Waals surface area contributed by atoms with Crippen LogP contribution in [0.15, 0.2) is 30.3 Å². The molecule has 1 aromatic carbocycles. The van der Waals surface area contributed by atoms with Gasteiger partial charge in [-0.25, -0.2) is 9.18 Å². The van der Waals surface area contributed by atoms with Crippen molar-refractivity contribution in [3.8, 4) is 6.07 Å². The maximum Gasteiger partial charge on any atom is 0.315 e. The van der Waals surface area contributed by atoms with Crippen molar-refractivity contribution in [2.75, 3.05) is 18.0 Å². The maximum atomic E-state index is 14.1. The Kier molecular flexibility index (Phi) is 5.77. The van der Waals surface area contributed by atoms with Gasteiger partial charge in [-0.15, -0.1) is 10.2 Å². The number of halogens is 1. The summed E-state index contributed by atoms with van der Waals surface area (Å²) in [5.41, 5.74) is 1.66. The summed E-state index contributed by atoms with van der Waals surface area (Å²) in [6.07, 6.45) is 1.07. The summed E-state index contributed by atoms with van der Waals surface area (Å²) in [5, 5.41) is 18.4. The molecular weight excluding hydrogens is 345 g/mol. The van der Waals surface area contributed by atoms with Crippen LogP contribution < -0.4 is 10.2 Å². The minimum atomic E-state index is -0.248. The molecular formula is C20H23FN5O+. The molecule has 1 amide bonds. The SMILES string of the molecule is CC(C)c1ccc(CC(=O)[NH2+]C2CCN(c3ccc(C#N)nn3)C2)cc1F. The van der Waals surface area contributed by atoms with Crippen molar-refractivity contribution in [1.82, 2.24) is 10.2 Å². The van der Waals surface area contributed by atoms with Crippen LogP contribution in [0.25, 0.3) is 0 Å². The Bertz CT molecular complexity index is 860. The normalized spacial score (nSPS) is 16.6. The first-order valence-corrected chi connectivity index (χ1v) is 9.11. The Morgan fingerprint density at radius 2 is 2.19 bits per heavy atom. The zero-order valence-electron chi connectivity index (χ0n) is 15.5. The standard InChI is InChI=1S/C20H22FN5O/c1-13(2)17-5-3-14(9-18(17)21)10-20(27)23-16-7-8-26(12-16)19-6-4-15(11-22)24-25-19/h3-6,9,13,16H,7-8,10,12H2,1-2H3,(H,23,27)/p+1. The monoisotopic (exact) mass is 368 g/mol. The number of primary amides is 1. The molecule has 1 aromatic heterocycles. The van der Waals surface area contributed by atoms with Crippen LogP contribution in [-0.2, 0) is 11.2 Å². The van der Waals surface area contributed by atoms with Gasteiger partial charge in [0, 0.05) is 13.0 Å². The number of quaternary nitrogens is 1. The van der Waals surface area contributed by atoms with Crippen molar-refractivity contribution in [3.05, 3.63) is 53.0 Å². The molecule has 27 heavy (non-hydrogen) atoms. The number of aromatic nitrogens is 2. The molecule has 3 rings (SSSR count). The number of nitriles is 1. The molecule has 1 fully saturated rings. The van der Waals surface area contributed by atoms with Crippen LogP contribution in [0.3, 0.4) is 0 Å². The molecule has 0 aliphatic carbocycles. The molecule has 140 valence electrons. The molecule has 0 bridgehead atoms. The Balaban J connectivity index is 1.54. The molecule has 2 aromatic rings. The third-order valence-corrected chi connectivity index (χ3v) is 4.80. The van der Waals surface area contributed by atoms with Gasteiger partial charge in [0.1, 0.15) is 17.9 Å². The highest BCUT2D eigenvalue weighted by molar-refractivity contribution is 5.69. The van der Waals surface area contributed by atoms with E-state index < -0.39 is 0 Å². The predicted octanol–water partition coefficient (Wildman–Crippen LogP) is 1.52. The van der Waals surface area contributed by atoms with Crippen molar-refractivity contribution in [2.45, 2.75) is 38.6 Å². The van der Waals surface area contributed by atoms with Gasteiger partial charge in [0.15, 0.2) is 11.5 Å². The number of amides is 1. The Labute approximate surface area is 158 Å². The smallest absolute Gasteiger partial charge is 0.315 e. The number of rotatable bonds is 5. The lowest BCUT2D eigenvalue weighted by Crippen LogP contribution is -2.94. The van der Waals surface area contributed by atoms with E-state index >= 15 is 0 Å². The molecule has 1 unspecified atom stereocenters. The highest BCUT2D eigenvalue weighted by atomic mass is 19.1. The summed E-state index contributed by atoms with van der Waals surface area (Å²) in [4.78, 5) is 14.4.